The Kier molecular flexibility index (Phi) is 4.49. The maximum atomic E-state index is 12.0. The maximum absolute atomic E-state index is 12.0. The fraction of sp³-hybridized carbons (Fsp3) is 0.438. The summed E-state index contributed by atoms with van der Waals surface area (Å²) in [4.78, 5) is 12.0. The van der Waals surface area contributed by atoms with Crippen molar-refractivity contribution in [2.75, 3.05) is 10.6 Å². The summed E-state index contributed by atoms with van der Waals surface area (Å²) in [5, 5.41) is 14.0. The molecule has 22 heavy (non-hydrogen) atoms. The lowest BCUT2D eigenvalue weighted by molar-refractivity contribution is -0.123. The van der Waals surface area contributed by atoms with Gasteiger partial charge in [0.15, 0.2) is 0 Å². The van der Waals surface area contributed by atoms with Crippen LogP contribution in [0.1, 0.15) is 45.5 Å². The van der Waals surface area contributed by atoms with Crippen LogP contribution in [0.4, 0.5) is 11.4 Å². The van der Waals surface area contributed by atoms with Crippen LogP contribution in [0.2, 0.25) is 0 Å². The lowest BCUT2D eigenvalue weighted by Gasteiger charge is -2.18. The van der Waals surface area contributed by atoms with E-state index in [2.05, 4.69) is 20.8 Å². The Morgan fingerprint density at radius 1 is 1.23 bits per heavy atom. The van der Waals surface area contributed by atoms with E-state index in [1.165, 1.54) is 0 Å². The minimum atomic E-state index is -0.433. The summed E-state index contributed by atoms with van der Waals surface area (Å²) < 4.78 is 5.40. The van der Waals surface area contributed by atoms with Gasteiger partial charge in [-0.05, 0) is 25.1 Å². The van der Waals surface area contributed by atoms with Crippen LogP contribution in [0.25, 0.3) is 0 Å². The molecule has 1 heterocycles. The molecule has 0 unspecified atom stereocenters. The van der Waals surface area contributed by atoms with Crippen LogP contribution in [0, 0.1) is 12.3 Å². The molecule has 2 N–H and O–H groups in total. The van der Waals surface area contributed by atoms with Crippen molar-refractivity contribution < 1.29 is 9.21 Å². The van der Waals surface area contributed by atoms with Crippen molar-refractivity contribution in [3.63, 3.8) is 0 Å². The Balaban J connectivity index is 2.07. The van der Waals surface area contributed by atoms with Crippen molar-refractivity contribution in [1.29, 1.82) is 0 Å². The second kappa shape index (κ2) is 6.17. The average Bonchev–Trinajstić information content (AvgIpc) is 2.85. The van der Waals surface area contributed by atoms with E-state index in [4.69, 9.17) is 4.42 Å². The van der Waals surface area contributed by atoms with Crippen molar-refractivity contribution in [3.8, 4) is 0 Å². The number of aromatic nitrogens is 2. The van der Waals surface area contributed by atoms with Gasteiger partial charge in [-0.25, -0.2) is 0 Å². The summed E-state index contributed by atoms with van der Waals surface area (Å²) in [5.74, 6) is 1.04. The van der Waals surface area contributed by atoms with Gasteiger partial charge in [0, 0.05) is 23.7 Å². The molecule has 1 atom stereocenters. The molecule has 2 aromatic rings. The Morgan fingerprint density at radius 3 is 2.50 bits per heavy atom. The molecular formula is C16H22N4O2. The van der Waals surface area contributed by atoms with Gasteiger partial charge in [0.2, 0.25) is 17.7 Å². The van der Waals surface area contributed by atoms with Crippen LogP contribution in [0.15, 0.2) is 28.7 Å². The molecule has 0 saturated heterocycles. The third kappa shape index (κ3) is 4.07. The summed E-state index contributed by atoms with van der Waals surface area (Å²) in [6.07, 6.45) is 0. The number of amides is 1. The van der Waals surface area contributed by atoms with Gasteiger partial charge in [-0.1, -0.05) is 26.8 Å². The number of anilines is 2. The zero-order chi connectivity index (χ0) is 16.3. The fourth-order valence-corrected chi connectivity index (χ4v) is 1.80. The Morgan fingerprint density at radius 2 is 1.91 bits per heavy atom. The minimum Gasteiger partial charge on any atom is -0.423 e. The molecule has 0 aliphatic heterocycles. The van der Waals surface area contributed by atoms with Gasteiger partial charge in [-0.15, -0.1) is 10.2 Å². The molecule has 1 amide bonds. The van der Waals surface area contributed by atoms with E-state index in [-0.39, 0.29) is 11.9 Å². The second-order valence-electron chi connectivity index (χ2n) is 6.31. The summed E-state index contributed by atoms with van der Waals surface area (Å²) in [5.41, 5.74) is 1.19. The highest BCUT2D eigenvalue weighted by atomic mass is 16.4. The van der Waals surface area contributed by atoms with Crippen molar-refractivity contribution in [1.82, 2.24) is 10.2 Å². The normalized spacial score (nSPS) is 12.8. The molecule has 6 heteroatoms. The first-order valence-corrected chi connectivity index (χ1v) is 7.24. The maximum Gasteiger partial charge on any atom is 0.238 e. The lowest BCUT2D eigenvalue weighted by Crippen LogP contribution is -2.27. The number of benzene rings is 1. The van der Waals surface area contributed by atoms with E-state index < -0.39 is 5.41 Å². The molecule has 0 fully saturated rings. The smallest absolute Gasteiger partial charge is 0.238 e. The minimum absolute atomic E-state index is 0.0229. The molecule has 0 bridgehead atoms. The van der Waals surface area contributed by atoms with Crippen LogP contribution in [-0.4, -0.2) is 16.1 Å². The Hall–Kier alpha value is -2.37. The van der Waals surface area contributed by atoms with Crippen LogP contribution in [-0.2, 0) is 4.79 Å². The number of hydrogen-bond acceptors (Lipinski definition) is 5. The van der Waals surface area contributed by atoms with Gasteiger partial charge in [-0.3, -0.25) is 4.79 Å². The Bertz CT molecular complexity index is 658. The van der Waals surface area contributed by atoms with Gasteiger partial charge in [0.1, 0.15) is 6.04 Å². The molecule has 118 valence electrons. The molecule has 1 aromatic heterocycles. The van der Waals surface area contributed by atoms with Crippen molar-refractivity contribution in [3.05, 3.63) is 36.0 Å². The predicted octanol–water partition coefficient (Wildman–Crippen LogP) is 3.54. The summed E-state index contributed by atoms with van der Waals surface area (Å²) >= 11 is 0. The molecule has 0 radical (unpaired) electrons. The van der Waals surface area contributed by atoms with Crippen LogP contribution in [0.3, 0.4) is 0 Å². The van der Waals surface area contributed by atoms with Crippen molar-refractivity contribution >= 4 is 17.3 Å². The highest BCUT2D eigenvalue weighted by Crippen LogP contribution is 2.23. The van der Waals surface area contributed by atoms with E-state index in [1.807, 2.05) is 52.0 Å². The lowest BCUT2D eigenvalue weighted by atomic mass is 9.95. The summed E-state index contributed by atoms with van der Waals surface area (Å²) in [6, 6.07) is 7.42. The molecule has 1 aromatic carbocycles. The SMILES string of the molecule is Cc1nnc([C@H](C)Nc2cccc(NC(=O)C(C)(C)C)c2)o1. The zero-order valence-electron chi connectivity index (χ0n) is 13.6. The second-order valence-corrected chi connectivity index (χ2v) is 6.31. The molecular weight excluding hydrogens is 280 g/mol. The van der Waals surface area contributed by atoms with E-state index in [9.17, 15) is 4.79 Å². The summed E-state index contributed by atoms with van der Waals surface area (Å²) in [6.45, 7) is 9.33. The molecule has 0 spiro atoms. The molecule has 0 aliphatic carbocycles. The van der Waals surface area contributed by atoms with E-state index in [1.54, 1.807) is 6.92 Å². The summed E-state index contributed by atoms with van der Waals surface area (Å²) in [7, 11) is 0. The molecule has 2 rings (SSSR count). The first-order chi connectivity index (χ1) is 10.3. The zero-order valence-corrected chi connectivity index (χ0v) is 13.6. The third-order valence-electron chi connectivity index (χ3n) is 3.10. The van der Waals surface area contributed by atoms with Gasteiger partial charge >= 0.3 is 0 Å². The van der Waals surface area contributed by atoms with Gasteiger partial charge < -0.3 is 15.1 Å². The van der Waals surface area contributed by atoms with Gasteiger partial charge in [0.05, 0.1) is 0 Å². The van der Waals surface area contributed by atoms with E-state index in [0.717, 1.165) is 11.4 Å². The standard InChI is InChI=1S/C16H22N4O2/c1-10(14-20-19-11(2)22-14)17-12-7-6-8-13(9-12)18-15(21)16(3,4)5/h6-10,17H,1-5H3,(H,18,21)/t10-/m0/s1. The quantitative estimate of drug-likeness (QED) is 0.903. The average molecular weight is 302 g/mol. The molecule has 0 saturated carbocycles. The number of nitrogens with zero attached hydrogens (tertiary/aromatic N) is 2. The number of nitrogens with one attached hydrogen (secondary N) is 2. The highest BCUT2D eigenvalue weighted by molar-refractivity contribution is 5.94. The van der Waals surface area contributed by atoms with E-state index >= 15 is 0 Å². The first kappa shape index (κ1) is 16.0. The monoisotopic (exact) mass is 302 g/mol. The molecule has 0 aliphatic rings. The predicted molar refractivity (Wildman–Crippen MR) is 85.6 cm³/mol. The van der Waals surface area contributed by atoms with Crippen LogP contribution in [0.5, 0.6) is 0 Å². The fourth-order valence-electron chi connectivity index (χ4n) is 1.80. The highest BCUT2D eigenvalue weighted by Gasteiger charge is 2.21. The first-order valence-electron chi connectivity index (χ1n) is 7.24. The van der Waals surface area contributed by atoms with Crippen molar-refractivity contribution in [2.24, 2.45) is 5.41 Å². The van der Waals surface area contributed by atoms with Crippen LogP contribution < -0.4 is 10.6 Å². The van der Waals surface area contributed by atoms with Crippen molar-refractivity contribution in [2.45, 2.75) is 40.7 Å². The number of carbonyl (C=O) groups is 1. The topological polar surface area (TPSA) is 80.0 Å². The van der Waals surface area contributed by atoms with E-state index in [0.29, 0.717) is 11.8 Å². The largest absolute Gasteiger partial charge is 0.423 e. The van der Waals surface area contributed by atoms with Crippen LogP contribution >= 0.6 is 0 Å². The van der Waals surface area contributed by atoms with Gasteiger partial charge in [0.25, 0.3) is 0 Å². The number of aryl methyl sites for hydroxylation is 1. The number of hydrogen-bond donors (Lipinski definition) is 2. The van der Waals surface area contributed by atoms with Gasteiger partial charge in [-0.2, -0.15) is 0 Å². The number of rotatable bonds is 4. The molecule has 6 nitrogen and oxygen atoms in total. The third-order valence-corrected chi connectivity index (χ3v) is 3.10. The number of carbonyl (C=O) groups excluding carboxylic acids is 1. The Labute approximate surface area is 130 Å².